The Balaban J connectivity index is 1.42. The van der Waals surface area contributed by atoms with Gasteiger partial charge in [-0.1, -0.05) is 91.0 Å². The molecule has 0 atom stereocenters. The largest absolute Gasteiger partial charge is 0.310 e. The highest BCUT2D eigenvalue weighted by Crippen LogP contribution is 2.47. The zero-order chi connectivity index (χ0) is 29.6. The molecule has 0 radical (unpaired) electrons. The molecule has 0 saturated carbocycles. The van der Waals surface area contributed by atoms with E-state index in [1.807, 2.05) is 24.3 Å². The molecule has 210 valence electrons. The maximum Gasteiger partial charge on any atom is 0.125 e. The summed E-state index contributed by atoms with van der Waals surface area (Å²) in [6, 6.07) is 54.0. The Hall–Kier alpha value is -5.67. The van der Waals surface area contributed by atoms with Gasteiger partial charge in [0, 0.05) is 33.5 Å². The number of hydrogen-bond donors (Lipinski definition) is 0. The molecule has 0 aromatic heterocycles. The minimum absolute atomic E-state index is 0.261. The second-order valence-corrected chi connectivity index (χ2v) is 11.3. The lowest BCUT2D eigenvalue weighted by Crippen LogP contribution is -2.11. The molecule has 3 heteroatoms. The Kier molecular flexibility index (Phi) is 6.23. The highest BCUT2D eigenvalue weighted by Gasteiger charge is 2.21. The summed E-state index contributed by atoms with van der Waals surface area (Å²) in [4.78, 5) is 4.50. The number of nitrogens with zero attached hydrogens (tertiary/aromatic N) is 2. The normalized spacial score (nSPS) is 11.4. The van der Waals surface area contributed by atoms with E-state index in [1.54, 1.807) is 12.1 Å². The maximum atomic E-state index is 14.6. The van der Waals surface area contributed by atoms with E-state index in [4.69, 9.17) is 0 Å². The smallest absolute Gasteiger partial charge is 0.125 e. The number of benzene rings is 8. The fourth-order valence-corrected chi connectivity index (χ4v) is 6.55. The van der Waals surface area contributed by atoms with Gasteiger partial charge < -0.3 is 9.80 Å². The van der Waals surface area contributed by atoms with E-state index in [9.17, 15) is 4.39 Å². The second-order valence-electron chi connectivity index (χ2n) is 11.3. The number of para-hydroxylation sites is 2. The SMILES string of the molecule is Cc1cccc(N(c2ccccc2)c2ccc3ccc4c(N(c5ccccc5)c5cccc(F)c5)ccc5ccc2c3c54)c1. The molecule has 44 heavy (non-hydrogen) atoms. The van der Waals surface area contributed by atoms with Gasteiger partial charge in [-0.25, -0.2) is 4.39 Å². The number of hydrogen-bond acceptors (Lipinski definition) is 2. The Labute approximate surface area is 256 Å². The highest BCUT2D eigenvalue weighted by molar-refractivity contribution is 6.28. The van der Waals surface area contributed by atoms with Crippen LogP contribution in [-0.2, 0) is 0 Å². The van der Waals surface area contributed by atoms with Gasteiger partial charge in [0.1, 0.15) is 5.82 Å². The Morgan fingerprint density at radius 3 is 1.36 bits per heavy atom. The van der Waals surface area contributed by atoms with E-state index in [0.29, 0.717) is 0 Å². The average molecular weight is 569 g/mol. The monoisotopic (exact) mass is 568 g/mol. The molecule has 0 aliphatic carbocycles. The van der Waals surface area contributed by atoms with Gasteiger partial charge in [-0.05, 0) is 101 Å². The molecule has 0 spiro atoms. The van der Waals surface area contributed by atoms with E-state index in [-0.39, 0.29) is 5.82 Å². The van der Waals surface area contributed by atoms with Crippen LogP contribution in [0.2, 0.25) is 0 Å². The van der Waals surface area contributed by atoms with E-state index < -0.39 is 0 Å². The van der Waals surface area contributed by atoms with E-state index in [2.05, 4.69) is 132 Å². The fourth-order valence-electron chi connectivity index (χ4n) is 6.55. The molecular weight excluding hydrogens is 539 g/mol. The summed E-state index contributed by atoms with van der Waals surface area (Å²) in [6.45, 7) is 2.13. The maximum absolute atomic E-state index is 14.6. The zero-order valence-electron chi connectivity index (χ0n) is 24.3. The topological polar surface area (TPSA) is 6.48 Å². The summed E-state index contributed by atoms with van der Waals surface area (Å²) in [5.74, 6) is -0.261. The second kappa shape index (κ2) is 10.6. The quantitative estimate of drug-likeness (QED) is 0.184. The van der Waals surface area contributed by atoms with Crippen molar-refractivity contribution in [3.63, 3.8) is 0 Å². The van der Waals surface area contributed by atoms with E-state index >= 15 is 0 Å². The van der Waals surface area contributed by atoms with Gasteiger partial charge in [-0.3, -0.25) is 0 Å². The third kappa shape index (κ3) is 4.33. The van der Waals surface area contributed by atoms with Gasteiger partial charge in [-0.2, -0.15) is 0 Å². The Morgan fingerprint density at radius 1 is 0.409 bits per heavy atom. The van der Waals surface area contributed by atoms with Crippen LogP contribution in [0.1, 0.15) is 5.56 Å². The first-order chi connectivity index (χ1) is 21.7. The average Bonchev–Trinajstić information content (AvgIpc) is 3.06. The van der Waals surface area contributed by atoms with E-state index in [0.717, 1.165) is 39.5 Å². The van der Waals surface area contributed by atoms with Crippen molar-refractivity contribution in [2.75, 3.05) is 9.80 Å². The lowest BCUT2D eigenvalue weighted by molar-refractivity contribution is 0.628. The Morgan fingerprint density at radius 2 is 0.864 bits per heavy atom. The van der Waals surface area contributed by atoms with Crippen molar-refractivity contribution >= 4 is 66.4 Å². The highest BCUT2D eigenvalue weighted by atomic mass is 19.1. The van der Waals surface area contributed by atoms with Crippen LogP contribution in [0.15, 0.2) is 158 Å². The minimum atomic E-state index is -0.261. The van der Waals surface area contributed by atoms with Crippen molar-refractivity contribution in [2.45, 2.75) is 6.92 Å². The van der Waals surface area contributed by atoms with Gasteiger partial charge in [0.05, 0.1) is 11.4 Å². The van der Waals surface area contributed by atoms with Crippen molar-refractivity contribution in [3.8, 4) is 0 Å². The molecule has 0 bridgehead atoms. The predicted molar refractivity (Wildman–Crippen MR) is 184 cm³/mol. The first-order valence-corrected chi connectivity index (χ1v) is 14.9. The summed E-state index contributed by atoms with van der Waals surface area (Å²) in [6.07, 6.45) is 0. The standard InChI is InChI=1S/C41H29FN2/c1-28-10-8-16-34(26-28)43(32-12-4-2-5-13-32)38-24-20-29-19-23-37-39(25-21-30-18-22-36(38)40(29)41(30)37)44(33-14-6-3-7-15-33)35-17-9-11-31(42)27-35/h2-27H,1H3. The summed E-state index contributed by atoms with van der Waals surface area (Å²) in [5.41, 5.74) is 7.32. The van der Waals surface area contributed by atoms with Gasteiger partial charge >= 0.3 is 0 Å². The molecule has 2 nitrogen and oxygen atoms in total. The molecule has 0 fully saturated rings. The van der Waals surface area contributed by atoms with Crippen LogP contribution in [0.3, 0.4) is 0 Å². The molecule has 0 heterocycles. The molecule has 0 amide bonds. The number of aryl methyl sites for hydroxylation is 1. The molecule has 8 rings (SSSR count). The zero-order valence-corrected chi connectivity index (χ0v) is 24.3. The van der Waals surface area contributed by atoms with Gasteiger partial charge in [0.2, 0.25) is 0 Å². The van der Waals surface area contributed by atoms with Crippen LogP contribution in [0.5, 0.6) is 0 Å². The fraction of sp³-hybridized carbons (Fsp3) is 0.0244. The number of halogens is 1. The third-order valence-electron chi connectivity index (χ3n) is 8.46. The third-order valence-corrected chi connectivity index (χ3v) is 8.46. The van der Waals surface area contributed by atoms with Crippen LogP contribution in [-0.4, -0.2) is 0 Å². The van der Waals surface area contributed by atoms with Crippen molar-refractivity contribution in [2.24, 2.45) is 0 Å². The predicted octanol–water partition coefficient (Wildman–Crippen LogP) is 12.0. The minimum Gasteiger partial charge on any atom is -0.310 e. The van der Waals surface area contributed by atoms with Crippen LogP contribution in [0.25, 0.3) is 32.3 Å². The Bertz CT molecular complexity index is 2100. The van der Waals surface area contributed by atoms with Crippen molar-refractivity contribution in [1.82, 2.24) is 0 Å². The summed E-state index contributed by atoms with van der Waals surface area (Å²) in [7, 11) is 0. The van der Waals surface area contributed by atoms with Crippen LogP contribution in [0.4, 0.5) is 38.5 Å². The van der Waals surface area contributed by atoms with Crippen molar-refractivity contribution in [1.29, 1.82) is 0 Å². The number of anilines is 6. The molecule has 0 aliphatic heterocycles. The molecule has 8 aromatic rings. The van der Waals surface area contributed by atoms with Crippen LogP contribution in [0, 0.1) is 12.7 Å². The summed E-state index contributed by atoms with van der Waals surface area (Å²) in [5, 5.41) is 7.09. The lowest BCUT2D eigenvalue weighted by Gasteiger charge is -2.29. The lowest BCUT2D eigenvalue weighted by atomic mass is 9.91. The van der Waals surface area contributed by atoms with Crippen LogP contribution >= 0.6 is 0 Å². The van der Waals surface area contributed by atoms with Gasteiger partial charge in [0.25, 0.3) is 0 Å². The van der Waals surface area contributed by atoms with Crippen molar-refractivity contribution in [3.05, 3.63) is 169 Å². The molecule has 0 unspecified atom stereocenters. The van der Waals surface area contributed by atoms with Gasteiger partial charge in [-0.15, -0.1) is 0 Å². The summed E-state index contributed by atoms with van der Waals surface area (Å²) < 4.78 is 14.6. The molecule has 0 saturated heterocycles. The number of rotatable bonds is 6. The molecular formula is C41H29FN2. The van der Waals surface area contributed by atoms with Crippen LogP contribution < -0.4 is 9.80 Å². The first kappa shape index (κ1) is 26.0. The molecule has 0 aliphatic rings. The van der Waals surface area contributed by atoms with E-state index in [1.165, 1.54) is 38.6 Å². The van der Waals surface area contributed by atoms with Crippen molar-refractivity contribution < 1.29 is 4.39 Å². The first-order valence-electron chi connectivity index (χ1n) is 14.9. The molecule has 8 aromatic carbocycles. The molecule has 0 N–H and O–H groups in total. The summed E-state index contributed by atoms with van der Waals surface area (Å²) >= 11 is 0. The van der Waals surface area contributed by atoms with Gasteiger partial charge in [0.15, 0.2) is 0 Å².